The Hall–Kier alpha value is -0.650. The van der Waals surface area contributed by atoms with Crippen LogP contribution in [0.4, 0.5) is 0 Å². The van der Waals surface area contributed by atoms with E-state index in [1.807, 2.05) is 6.92 Å². The van der Waals surface area contributed by atoms with Crippen LogP contribution < -0.4 is 10.6 Å². The fourth-order valence-electron chi connectivity index (χ4n) is 1.84. The average Bonchev–Trinajstić information content (AvgIpc) is 2.37. The van der Waals surface area contributed by atoms with Crippen molar-refractivity contribution in [1.82, 2.24) is 10.6 Å². The number of nitrogens with one attached hydrogen (secondary N) is 2. The molecule has 100 valence electrons. The van der Waals surface area contributed by atoms with Gasteiger partial charge in [-0.2, -0.15) is 0 Å². The predicted octanol–water partition coefficient (Wildman–Crippen LogP) is 0.0322. The van der Waals surface area contributed by atoms with Gasteiger partial charge in [0.25, 0.3) is 0 Å². The van der Waals surface area contributed by atoms with Gasteiger partial charge in [-0.3, -0.25) is 4.79 Å². The van der Waals surface area contributed by atoms with Crippen LogP contribution in [0.15, 0.2) is 0 Å². The first kappa shape index (κ1) is 14.4. The van der Waals surface area contributed by atoms with Crippen LogP contribution in [0, 0.1) is 0 Å². The highest BCUT2D eigenvalue weighted by Crippen LogP contribution is 2.19. The van der Waals surface area contributed by atoms with E-state index in [2.05, 4.69) is 17.6 Å². The highest BCUT2D eigenvalue weighted by molar-refractivity contribution is 5.78. The van der Waals surface area contributed by atoms with E-state index in [4.69, 9.17) is 4.74 Å². The smallest absolute Gasteiger partial charge is 0.234 e. The van der Waals surface area contributed by atoms with Crippen LogP contribution in [-0.2, 0) is 9.53 Å². The van der Waals surface area contributed by atoms with Gasteiger partial charge in [-0.1, -0.05) is 6.92 Å². The molecule has 0 saturated carbocycles. The second-order valence-corrected chi connectivity index (χ2v) is 4.79. The van der Waals surface area contributed by atoms with E-state index in [-0.39, 0.29) is 12.5 Å². The molecule has 0 aromatic carbocycles. The number of hydrogen-bond donors (Lipinski definition) is 3. The van der Waals surface area contributed by atoms with Crippen LogP contribution in [0.25, 0.3) is 0 Å². The summed E-state index contributed by atoms with van der Waals surface area (Å²) in [6.07, 6.45) is 2.35. The Morgan fingerprint density at radius 1 is 1.47 bits per heavy atom. The zero-order valence-corrected chi connectivity index (χ0v) is 10.8. The molecule has 1 amide bonds. The van der Waals surface area contributed by atoms with Gasteiger partial charge in [-0.15, -0.1) is 0 Å². The molecule has 1 rings (SSSR count). The van der Waals surface area contributed by atoms with Crippen molar-refractivity contribution in [3.8, 4) is 0 Å². The Kier molecular flexibility index (Phi) is 5.88. The van der Waals surface area contributed by atoms with E-state index in [9.17, 15) is 9.90 Å². The van der Waals surface area contributed by atoms with Gasteiger partial charge in [0, 0.05) is 19.3 Å². The van der Waals surface area contributed by atoms with E-state index >= 15 is 0 Å². The van der Waals surface area contributed by atoms with Crippen LogP contribution in [0.5, 0.6) is 0 Å². The predicted molar refractivity (Wildman–Crippen MR) is 65.8 cm³/mol. The maximum Gasteiger partial charge on any atom is 0.234 e. The van der Waals surface area contributed by atoms with Gasteiger partial charge in [0.2, 0.25) is 5.91 Å². The van der Waals surface area contributed by atoms with E-state index in [0.29, 0.717) is 38.6 Å². The quantitative estimate of drug-likeness (QED) is 0.616. The molecule has 17 heavy (non-hydrogen) atoms. The fourth-order valence-corrected chi connectivity index (χ4v) is 1.84. The van der Waals surface area contributed by atoms with Gasteiger partial charge < -0.3 is 20.5 Å². The summed E-state index contributed by atoms with van der Waals surface area (Å²) in [5.74, 6) is -0.0544. The topological polar surface area (TPSA) is 70.6 Å². The number of aliphatic hydroxyl groups is 1. The molecule has 1 heterocycles. The third kappa shape index (κ3) is 4.61. The summed E-state index contributed by atoms with van der Waals surface area (Å²) in [5, 5.41) is 15.5. The molecular formula is C12H24N2O3. The second kappa shape index (κ2) is 6.93. The maximum absolute atomic E-state index is 11.8. The minimum atomic E-state index is -0.480. The van der Waals surface area contributed by atoms with E-state index < -0.39 is 5.54 Å². The van der Waals surface area contributed by atoms with Crippen LogP contribution in [0.3, 0.4) is 0 Å². The van der Waals surface area contributed by atoms with Crippen LogP contribution in [0.1, 0.15) is 33.1 Å². The highest BCUT2D eigenvalue weighted by Gasteiger charge is 2.33. The molecule has 1 aliphatic rings. The molecule has 3 N–H and O–H groups in total. The molecule has 1 fully saturated rings. The lowest BCUT2D eigenvalue weighted by Crippen LogP contribution is -2.56. The standard InChI is InChI=1S/C12H24N2O3/c1-3-10(2)13-8-11(16)14-12(9-15)4-6-17-7-5-12/h10,13,15H,3-9H2,1-2H3,(H,14,16). The number of carbonyl (C=O) groups excluding carboxylic acids is 1. The minimum Gasteiger partial charge on any atom is -0.394 e. The molecule has 1 aliphatic heterocycles. The largest absolute Gasteiger partial charge is 0.394 e. The molecule has 1 unspecified atom stereocenters. The van der Waals surface area contributed by atoms with Crippen molar-refractivity contribution in [2.24, 2.45) is 0 Å². The lowest BCUT2D eigenvalue weighted by Gasteiger charge is -2.36. The molecule has 0 aromatic heterocycles. The molecule has 5 heteroatoms. The fraction of sp³-hybridized carbons (Fsp3) is 0.917. The average molecular weight is 244 g/mol. The summed E-state index contributed by atoms with van der Waals surface area (Å²) in [6, 6.07) is 0.334. The van der Waals surface area contributed by atoms with Gasteiger partial charge in [0.15, 0.2) is 0 Å². The maximum atomic E-state index is 11.8. The Bertz CT molecular complexity index is 240. The van der Waals surface area contributed by atoms with Crippen molar-refractivity contribution in [2.75, 3.05) is 26.4 Å². The molecular weight excluding hydrogens is 220 g/mol. The van der Waals surface area contributed by atoms with E-state index in [1.54, 1.807) is 0 Å². The summed E-state index contributed by atoms with van der Waals surface area (Å²) >= 11 is 0. The molecule has 0 aromatic rings. The Morgan fingerprint density at radius 3 is 2.65 bits per heavy atom. The highest BCUT2D eigenvalue weighted by atomic mass is 16.5. The molecule has 0 aliphatic carbocycles. The van der Waals surface area contributed by atoms with Gasteiger partial charge in [0.05, 0.1) is 18.7 Å². The number of ether oxygens (including phenoxy) is 1. The Labute approximate surface area is 103 Å². The number of amides is 1. The minimum absolute atomic E-state index is 0.0224. The van der Waals surface area contributed by atoms with Crippen molar-refractivity contribution in [1.29, 1.82) is 0 Å². The van der Waals surface area contributed by atoms with Crippen molar-refractivity contribution in [3.63, 3.8) is 0 Å². The number of hydrogen-bond acceptors (Lipinski definition) is 4. The molecule has 0 spiro atoms. The summed E-state index contributed by atoms with van der Waals surface area (Å²) in [6.45, 7) is 5.59. The van der Waals surface area contributed by atoms with Crippen molar-refractivity contribution >= 4 is 5.91 Å². The summed E-state index contributed by atoms with van der Waals surface area (Å²) in [5.41, 5.74) is -0.480. The first-order valence-corrected chi connectivity index (χ1v) is 6.35. The van der Waals surface area contributed by atoms with Crippen LogP contribution in [-0.4, -0.2) is 49.0 Å². The summed E-state index contributed by atoms with van der Waals surface area (Å²) in [7, 11) is 0. The van der Waals surface area contributed by atoms with Crippen molar-refractivity contribution < 1.29 is 14.6 Å². The number of aliphatic hydroxyl groups excluding tert-OH is 1. The van der Waals surface area contributed by atoms with Gasteiger partial charge in [-0.05, 0) is 26.2 Å². The first-order valence-electron chi connectivity index (χ1n) is 6.35. The first-order chi connectivity index (χ1) is 8.12. The second-order valence-electron chi connectivity index (χ2n) is 4.79. The SMILES string of the molecule is CCC(C)NCC(=O)NC1(CO)CCOCC1. The molecule has 1 saturated heterocycles. The van der Waals surface area contributed by atoms with Gasteiger partial charge in [-0.25, -0.2) is 0 Å². The Morgan fingerprint density at radius 2 is 2.12 bits per heavy atom. The van der Waals surface area contributed by atoms with Crippen molar-refractivity contribution in [3.05, 3.63) is 0 Å². The normalized spacial score (nSPS) is 20.9. The molecule has 5 nitrogen and oxygen atoms in total. The summed E-state index contributed by atoms with van der Waals surface area (Å²) < 4.78 is 5.25. The van der Waals surface area contributed by atoms with E-state index in [1.165, 1.54) is 0 Å². The van der Waals surface area contributed by atoms with Gasteiger partial charge >= 0.3 is 0 Å². The monoisotopic (exact) mass is 244 g/mol. The van der Waals surface area contributed by atoms with E-state index in [0.717, 1.165) is 6.42 Å². The van der Waals surface area contributed by atoms with Crippen LogP contribution >= 0.6 is 0 Å². The van der Waals surface area contributed by atoms with Gasteiger partial charge in [0.1, 0.15) is 0 Å². The molecule has 1 atom stereocenters. The lowest BCUT2D eigenvalue weighted by molar-refractivity contribution is -0.124. The summed E-state index contributed by atoms with van der Waals surface area (Å²) in [4.78, 5) is 11.8. The zero-order valence-electron chi connectivity index (χ0n) is 10.8. The zero-order chi connectivity index (χ0) is 12.7. The number of rotatable bonds is 6. The van der Waals surface area contributed by atoms with Crippen molar-refractivity contribution in [2.45, 2.75) is 44.7 Å². The number of carbonyl (C=O) groups is 1. The van der Waals surface area contributed by atoms with Crippen LogP contribution in [0.2, 0.25) is 0 Å². The molecule has 0 radical (unpaired) electrons. The third-order valence-corrected chi connectivity index (χ3v) is 3.38. The lowest BCUT2D eigenvalue weighted by atomic mass is 9.91. The Balaban J connectivity index is 2.37. The third-order valence-electron chi connectivity index (χ3n) is 3.38. The molecule has 0 bridgehead atoms.